The van der Waals surface area contributed by atoms with E-state index in [2.05, 4.69) is 12.2 Å². The summed E-state index contributed by atoms with van der Waals surface area (Å²) in [7, 11) is 1.45. The fraction of sp³-hybridized carbons (Fsp3) is 0.643. The van der Waals surface area contributed by atoms with Crippen LogP contribution in [0.4, 0.5) is 0 Å². The molecular formula is C14H18O4. The second kappa shape index (κ2) is 4.21. The number of carbonyl (C=O) groups excluding carboxylic acids is 1. The van der Waals surface area contributed by atoms with Crippen LogP contribution < -0.4 is 0 Å². The van der Waals surface area contributed by atoms with Gasteiger partial charge in [-0.25, -0.2) is 0 Å². The van der Waals surface area contributed by atoms with Gasteiger partial charge in [-0.1, -0.05) is 18.2 Å². The summed E-state index contributed by atoms with van der Waals surface area (Å²) in [5.74, 6) is -0.674. The zero-order valence-corrected chi connectivity index (χ0v) is 10.6. The molecule has 0 saturated carbocycles. The van der Waals surface area contributed by atoms with Gasteiger partial charge in [0, 0.05) is 12.3 Å². The van der Waals surface area contributed by atoms with E-state index in [4.69, 9.17) is 14.2 Å². The summed E-state index contributed by atoms with van der Waals surface area (Å²) in [5.41, 5.74) is -0.524. The number of methoxy groups -OCH3 is 1. The van der Waals surface area contributed by atoms with Crippen LogP contribution in [-0.4, -0.2) is 32.1 Å². The van der Waals surface area contributed by atoms with E-state index in [0.29, 0.717) is 19.6 Å². The predicted octanol–water partition coefficient (Wildman–Crippen LogP) is 1.81. The predicted molar refractivity (Wildman–Crippen MR) is 64.7 cm³/mol. The zero-order chi connectivity index (χ0) is 12.6. The molecule has 1 fully saturated rings. The Labute approximate surface area is 107 Å². The van der Waals surface area contributed by atoms with E-state index in [1.54, 1.807) is 0 Å². The average Bonchev–Trinajstić information content (AvgIpc) is 2.86. The lowest BCUT2D eigenvalue weighted by Crippen LogP contribution is -2.47. The summed E-state index contributed by atoms with van der Waals surface area (Å²) in [6.45, 7) is 1.23. The lowest BCUT2D eigenvalue weighted by molar-refractivity contribution is -0.164. The molecule has 0 aromatic rings. The Morgan fingerprint density at radius 1 is 1.33 bits per heavy atom. The molecule has 4 heteroatoms. The lowest BCUT2D eigenvalue weighted by atomic mass is 9.64. The third-order valence-electron chi connectivity index (χ3n) is 4.24. The van der Waals surface area contributed by atoms with Crippen LogP contribution in [-0.2, 0) is 19.0 Å². The molecule has 2 atom stereocenters. The topological polar surface area (TPSA) is 44.8 Å². The number of rotatable bonds is 1. The van der Waals surface area contributed by atoms with E-state index in [1.807, 2.05) is 12.2 Å². The van der Waals surface area contributed by atoms with Crippen LogP contribution in [0.3, 0.4) is 0 Å². The number of esters is 1. The Bertz CT molecular complexity index is 406. The van der Waals surface area contributed by atoms with Gasteiger partial charge in [0.1, 0.15) is 0 Å². The van der Waals surface area contributed by atoms with Crippen LogP contribution in [0.2, 0.25) is 0 Å². The Hall–Kier alpha value is -1.13. The molecule has 1 heterocycles. The maximum absolute atomic E-state index is 12.1. The minimum absolute atomic E-state index is 0.0989. The first kappa shape index (κ1) is 11.9. The number of fused-ring (bicyclic) bond motifs is 1. The van der Waals surface area contributed by atoms with Gasteiger partial charge in [0.2, 0.25) is 0 Å². The summed E-state index contributed by atoms with van der Waals surface area (Å²) in [6.07, 6.45) is 10.5. The van der Waals surface area contributed by atoms with Crippen LogP contribution >= 0.6 is 0 Å². The molecular weight excluding hydrogens is 232 g/mol. The highest BCUT2D eigenvalue weighted by molar-refractivity contribution is 5.80. The van der Waals surface area contributed by atoms with Crippen molar-refractivity contribution in [2.45, 2.75) is 25.0 Å². The van der Waals surface area contributed by atoms with Gasteiger partial charge in [-0.15, -0.1) is 0 Å². The van der Waals surface area contributed by atoms with E-state index in [1.165, 1.54) is 7.11 Å². The zero-order valence-electron chi connectivity index (χ0n) is 10.6. The Balaban J connectivity index is 1.97. The van der Waals surface area contributed by atoms with Crippen LogP contribution in [0, 0.1) is 11.3 Å². The van der Waals surface area contributed by atoms with Gasteiger partial charge >= 0.3 is 5.97 Å². The van der Waals surface area contributed by atoms with E-state index in [9.17, 15) is 4.79 Å². The summed E-state index contributed by atoms with van der Waals surface area (Å²) >= 11 is 0. The van der Waals surface area contributed by atoms with Gasteiger partial charge in [-0.3, -0.25) is 4.79 Å². The number of hydrogen-bond acceptors (Lipinski definition) is 4. The molecule has 3 rings (SSSR count). The molecule has 2 aliphatic carbocycles. The van der Waals surface area contributed by atoms with Crippen LogP contribution in [0.5, 0.6) is 0 Å². The SMILES string of the molecule is COC(=O)[C@@]12C=CC3(C[C@@H]1C=CCC2)OCCO3. The van der Waals surface area contributed by atoms with Gasteiger partial charge < -0.3 is 14.2 Å². The Morgan fingerprint density at radius 3 is 2.83 bits per heavy atom. The van der Waals surface area contributed by atoms with E-state index < -0.39 is 11.2 Å². The molecule has 1 saturated heterocycles. The molecule has 0 N–H and O–H groups in total. The molecule has 0 radical (unpaired) electrons. The molecule has 0 aromatic carbocycles. The number of allylic oxidation sites excluding steroid dienone is 2. The normalized spacial score (nSPS) is 36.6. The summed E-state index contributed by atoms with van der Waals surface area (Å²) in [4.78, 5) is 12.1. The van der Waals surface area contributed by atoms with E-state index in [-0.39, 0.29) is 11.9 Å². The smallest absolute Gasteiger partial charge is 0.316 e. The molecule has 1 aliphatic heterocycles. The standard InChI is InChI=1S/C14H18O4/c1-16-12(15)13-5-3-2-4-11(13)10-14(7-6-13)17-8-9-18-14/h2,4,6-7,11H,3,5,8-10H2,1H3/t11-,13-/m0/s1. The third kappa shape index (κ3) is 1.63. The first-order valence-electron chi connectivity index (χ1n) is 6.44. The van der Waals surface area contributed by atoms with Crippen molar-refractivity contribution in [1.82, 2.24) is 0 Å². The molecule has 3 aliphatic rings. The molecule has 4 nitrogen and oxygen atoms in total. The van der Waals surface area contributed by atoms with Gasteiger partial charge in [-0.05, 0) is 18.9 Å². The van der Waals surface area contributed by atoms with Crippen LogP contribution in [0.15, 0.2) is 24.3 Å². The number of hydrogen-bond donors (Lipinski definition) is 0. The average molecular weight is 250 g/mol. The molecule has 0 aromatic heterocycles. The first-order valence-corrected chi connectivity index (χ1v) is 6.44. The van der Waals surface area contributed by atoms with E-state index in [0.717, 1.165) is 12.8 Å². The summed E-state index contributed by atoms with van der Waals surface area (Å²) in [6, 6.07) is 0. The first-order chi connectivity index (χ1) is 8.71. The van der Waals surface area contributed by atoms with Crippen molar-refractivity contribution in [1.29, 1.82) is 0 Å². The second-order valence-electron chi connectivity index (χ2n) is 5.15. The van der Waals surface area contributed by atoms with Gasteiger partial charge in [0.05, 0.1) is 25.7 Å². The molecule has 0 amide bonds. The monoisotopic (exact) mass is 250 g/mol. The van der Waals surface area contributed by atoms with Crippen molar-refractivity contribution in [3.05, 3.63) is 24.3 Å². The van der Waals surface area contributed by atoms with E-state index >= 15 is 0 Å². The van der Waals surface area contributed by atoms with Gasteiger partial charge in [-0.2, -0.15) is 0 Å². The quantitative estimate of drug-likeness (QED) is 0.526. The third-order valence-corrected chi connectivity index (χ3v) is 4.24. The largest absolute Gasteiger partial charge is 0.468 e. The van der Waals surface area contributed by atoms with Gasteiger partial charge in [0.25, 0.3) is 0 Å². The summed E-state index contributed by atoms with van der Waals surface area (Å²) < 4.78 is 16.4. The Morgan fingerprint density at radius 2 is 2.11 bits per heavy atom. The van der Waals surface area contributed by atoms with Crippen LogP contribution in [0.25, 0.3) is 0 Å². The maximum atomic E-state index is 12.1. The fourth-order valence-corrected chi connectivity index (χ4v) is 3.24. The maximum Gasteiger partial charge on any atom is 0.316 e. The van der Waals surface area contributed by atoms with Crippen LogP contribution in [0.1, 0.15) is 19.3 Å². The summed E-state index contributed by atoms with van der Waals surface area (Å²) in [5, 5.41) is 0. The van der Waals surface area contributed by atoms with Crippen molar-refractivity contribution in [2.75, 3.05) is 20.3 Å². The molecule has 1 spiro atoms. The minimum atomic E-state index is -0.621. The van der Waals surface area contributed by atoms with Crippen molar-refractivity contribution in [2.24, 2.45) is 11.3 Å². The second-order valence-corrected chi connectivity index (χ2v) is 5.15. The highest BCUT2D eigenvalue weighted by Gasteiger charge is 2.52. The van der Waals surface area contributed by atoms with Crippen molar-refractivity contribution >= 4 is 5.97 Å². The minimum Gasteiger partial charge on any atom is -0.468 e. The van der Waals surface area contributed by atoms with Gasteiger partial charge in [0.15, 0.2) is 5.79 Å². The highest BCUT2D eigenvalue weighted by atomic mass is 16.7. The van der Waals surface area contributed by atoms with Crippen molar-refractivity contribution in [3.8, 4) is 0 Å². The Kier molecular flexibility index (Phi) is 2.79. The lowest BCUT2D eigenvalue weighted by Gasteiger charge is -2.43. The molecule has 0 unspecified atom stereocenters. The fourth-order valence-electron chi connectivity index (χ4n) is 3.24. The molecule has 0 bridgehead atoms. The molecule has 18 heavy (non-hydrogen) atoms. The number of ether oxygens (including phenoxy) is 3. The molecule has 98 valence electrons. The number of carbonyl (C=O) groups is 1. The van der Waals surface area contributed by atoms with Crippen molar-refractivity contribution in [3.63, 3.8) is 0 Å². The highest BCUT2D eigenvalue weighted by Crippen LogP contribution is 2.49. The van der Waals surface area contributed by atoms with Crippen molar-refractivity contribution < 1.29 is 19.0 Å².